The zero-order valence-corrected chi connectivity index (χ0v) is 11.1. The molecule has 0 aliphatic carbocycles. The van der Waals surface area contributed by atoms with E-state index in [0.29, 0.717) is 12.1 Å². The molecule has 0 heterocycles. The van der Waals surface area contributed by atoms with Gasteiger partial charge in [-0.3, -0.25) is 4.79 Å². The normalized spacial score (nSPS) is 10.7. The molecule has 2 aromatic carbocycles. The van der Waals surface area contributed by atoms with Crippen molar-refractivity contribution in [3.05, 3.63) is 77.6 Å². The van der Waals surface area contributed by atoms with Crippen LogP contribution in [0, 0.1) is 5.82 Å². The van der Waals surface area contributed by atoms with E-state index in [4.69, 9.17) is 0 Å². The zero-order valence-electron chi connectivity index (χ0n) is 11.1. The SMILES string of the molecule is O=C(/C=C/c1cccc(F)c1)NCCc1ccccc1. The highest BCUT2D eigenvalue weighted by molar-refractivity contribution is 5.91. The van der Waals surface area contributed by atoms with E-state index in [1.807, 2.05) is 30.3 Å². The minimum absolute atomic E-state index is 0.176. The third-order valence-corrected chi connectivity index (χ3v) is 2.83. The molecular formula is C17H16FNO. The summed E-state index contributed by atoms with van der Waals surface area (Å²) in [5.41, 5.74) is 1.85. The Balaban J connectivity index is 1.78. The molecule has 1 N–H and O–H groups in total. The van der Waals surface area contributed by atoms with Gasteiger partial charge >= 0.3 is 0 Å². The second-order valence-electron chi connectivity index (χ2n) is 4.41. The largest absolute Gasteiger partial charge is 0.352 e. The Hall–Kier alpha value is -2.42. The Labute approximate surface area is 118 Å². The van der Waals surface area contributed by atoms with Crippen molar-refractivity contribution in [1.82, 2.24) is 5.32 Å². The number of rotatable bonds is 5. The molecule has 0 spiro atoms. The molecule has 0 saturated carbocycles. The van der Waals surface area contributed by atoms with Crippen molar-refractivity contribution in [3.8, 4) is 0 Å². The Bertz CT molecular complexity index is 593. The van der Waals surface area contributed by atoms with Crippen molar-refractivity contribution in [2.75, 3.05) is 6.54 Å². The lowest BCUT2D eigenvalue weighted by molar-refractivity contribution is -0.116. The summed E-state index contributed by atoms with van der Waals surface area (Å²) in [7, 11) is 0. The summed E-state index contributed by atoms with van der Waals surface area (Å²) in [5, 5.41) is 2.80. The fourth-order valence-corrected chi connectivity index (χ4v) is 1.82. The fourth-order valence-electron chi connectivity index (χ4n) is 1.82. The highest BCUT2D eigenvalue weighted by Gasteiger charge is 1.96. The molecule has 0 atom stereocenters. The number of hydrogen-bond donors (Lipinski definition) is 1. The van der Waals surface area contributed by atoms with Crippen LogP contribution in [-0.4, -0.2) is 12.5 Å². The average Bonchev–Trinajstić information content (AvgIpc) is 2.46. The fraction of sp³-hybridized carbons (Fsp3) is 0.118. The molecule has 0 saturated heterocycles. The van der Waals surface area contributed by atoms with Crippen LogP contribution >= 0.6 is 0 Å². The Morgan fingerprint density at radius 3 is 2.65 bits per heavy atom. The number of amides is 1. The monoisotopic (exact) mass is 269 g/mol. The molecule has 2 aromatic rings. The van der Waals surface area contributed by atoms with E-state index in [0.717, 1.165) is 6.42 Å². The summed E-state index contributed by atoms with van der Waals surface area (Å²) >= 11 is 0. The topological polar surface area (TPSA) is 29.1 Å². The molecule has 0 radical (unpaired) electrons. The van der Waals surface area contributed by atoms with Crippen LogP contribution in [-0.2, 0) is 11.2 Å². The van der Waals surface area contributed by atoms with Gasteiger partial charge in [-0.1, -0.05) is 42.5 Å². The quantitative estimate of drug-likeness (QED) is 0.830. The average molecular weight is 269 g/mol. The minimum atomic E-state index is -0.309. The first-order valence-electron chi connectivity index (χ1n) is 6.49. The first-order chi connectivity index (χ1) is 9.74. The Morgan fingerprint density at radius 2 is 1.90 bits per heavy atom. The lowest BCUT2D eigenvalue weighted by Crippen LogP contribution is -2.23. The van der Waals surface area contributed by atoms with Gasteiger partial charge in [-0.2, -0.15) is 0 Å². The number of carbonyl (C=O) groups is 1. The van der Waals surface area contributed by atoms with E-state index in [2.05, 4.69) is 5.32 Å². The van der Waals surface area contributed by atoms with Gasteiger partial charge in [0.05, 0.1) is 0 Å². The van der Waals surface area contributed by atoms with Gasteiger partial charge in [0.2, 0.25) is 5.91 Å². The van der Waals surface area contributed by atoms with Crippen molar-refractivity contribution in [3.63, 3.8) is 0 Å². The van der Waals surface area contributed by atoms with Crippen molar-refractivity contribution in [2.45, 2.75) is 6.42 Å². The first-order valence-corrected chi connectivity index (χ1v) is 6.49. The summed E-state index contributed by atoms with van der Waals surface area (Å²) < 4.78 is 12.9. The summed E-state index contributed by atoms with van der Waals surface area (Å²) in [6.07, 6.45) is 3.81. The highest BCUT2D eigenvalue weighted by Crippen LogP contribution is 2.05. The van der Waals surface area contributed by atoms with E-state index in [1.165, 1.54) is 23.8 Å². The highest BCUT2D eigenvalue weighted by atomic mass is 19.1. The predicted molar refractivity (Wildman–Crippen MR) is 78.6 cm³/mol. The van der Waals surface area contributed by atoms with Gasteiger partial charge in [0, 0.05) is 12.6 Å². The van der Waals surface area contributed by atoms with Crippen LogP contribution < -0.4 is 5.32 Å². The number of carbonyl (C=O) groups excluding carboxylic acids is 1. The molecule has 20 heavy (non-hydrogen) atoms. The standard InChI is InChI=1S/C17H16FNO/c18-16-8-4-7-15(13-16)9-10-17(20)19-12-11-14-5-2-1-3-6-14/h1-10,13H,11-12H2,(H,19,20)/b10-9+. The summed E-state index contributed by atoms with van der Waals surface area (Å²) in [4.78, 5) is 11.6. The molecule has 1 amide bonds. The van der Waals surface area contributed by atoms with E-state index in [-0.39, 0.29) is 11.7 Å². The summed E-state index contributed by atoms with van der Waals surface area (Å²) in [5.74, 6) is -0.484. The molecule has 0 fully saturated rings. The van der Waals surface area contributed by atoms with Crippen LogP contribution in [0.15, 0.2) is 60.7 Å². The van der Waals surface area contributed by atoms with Gasteiger partial charge in [-0.15, -0.1) is 0 Å². The maximum absolute atomic E-state index is 12.9. The second-order valence-corrected chi connectivity index (χ2v) is 4.41. The van der Waals surface area contributed by atoms with Crippen LogP contribution in [0.5, 0.6) is 0 Å². The van der Waals surface area contributed by atoms with E-state index in [1.54, 1.807) is 18.2 Å². The van der Waals surface area contributed by atoms with Crippen LogP contribution in [0.3, 0.4) is 0 Å². The molecular weight excluding hydrogens is 253 g/mol. The van der Waals surface area contributed by atoms with Crippen molar-refractivity contribution < 1.29 is 9.18 Å². The van der Waals surface area contributed by atoms with E-state index >= 15 is 0 Å². The van der Waals surface area contributed by atoms with Gasteiger partial charge in [-0.25, -0.2) is 4.39 Å². The molecule has 0 aromatic heterocycles. The maximum Gasteiger partial charge on any atom is 0.244 e. The third kappa shape index (κ3) is 4.69. The van der Waals surface area contributed by atoms with Gasteiger partial charge in [0.1, 0.15) is 5.82 Å². The molecule has 0 bridgehead atoms. The first kappa shape index (κ1) is 14.0. The predicted octanol–water partition coefficient (Wildman–Crippen LogP) is 3.20. The molecule has 0 aliphatic rings. The number of nitrogens with one attached hydrogen (secondary N) is 1. The third-order valence-electron chi connectivity index (χ3n) is 2.83. The molecule has 2 rings (SSSR count). The summed E-state index contributed by atoms with van der Waals surface area (Å²) in [6.45, 7) is 0.580. The maximum atomic E-state index is 12.9. The van der Waals surface area contributed by atoms with Crippen molar-refractivity contribution >= 4 is 12.0 Å². The minimum Gasteiger partial charge on any atom is -0.352 e. The van der Waals surface area contributed by atoms with E-state index in [9.17, 15) is 9.18 Å². The van der Waals surface area contributed by atoms with Crippen LogP contribution in [0.1, 0.15) is 11.1 Å². The smallest absolute Gasteiger partial charge is 0.244 e. The number of halogens is 1. The van der Waals surface area contributed by atoms with Crippen LogP contribution in [0.4, 0.5) is 4.39 Å². The van der Waals surface area contributed by atoms with Gasteiger partial charge < -0.3 is 5.32 Å². The van der Waals surface area contributed by atoms with Gasteiger partial charge in [-0.05, 0) is 35.8 Å². The van der Waals surface area contributed by atoms with Crippen LogP contribution in [0.2, 0.25) is 0 Å². The lowest BCUT2D eigenvalue weighted by Gasteiger charge is -2.02. The number of hydrogen-bond acceptors (Lipinski definition) is 1. The molecule has 2 nitrogen and oxygen atoms in total. The number of benzene rings is 2. The molecule has 3 heteroatoms. The Morgan fingerprint density at radius 1 is 1.10 bits per heavy atom. The van der Waals surface area contributed by atoms with E-state index < -0.39 is 0 Å². The molecule has 0 aliphatic heterocycles. The second kappa shape index (κ2) is 7.24. The Kier molecular flexibility index (Phi) is 5.07. The van der Waals surface area contributed by atoms with Gasteiger partial charge in [0.15, 0.2) is 0 Å². The van der Waals surface area contributed by atoms with Crippen molar-refractivity contribution in [1.29, 1.82) is 0 Å². The van der Waals surface area contributed by atoms with Crippen LogP contribution in [0.25, 0.3) is 6.08 Å². The zero-order chi connectivity index (χ0) is 14.2. The lowest BCUT2D eigenvalue weighted by atomic mass is 10.1. The van der Waals surface area contributed by atoms with Crippen molar-refractivity contribution in [2.24, 2.45) is 0 Å². The molecule has 102 valence electrons. The van der Waals surface area contributed by atoms with Gasteiger partial charge in [0.25, 0.3) is 0 Å². The molecule has 0 unspecified atom stereocenters. The summed E-state index contributed by atoms with van der Waals surface area (Å²) in [6, 6.07) is 16.1.